The highest BCUT2D eigenvalue weighted by molar-refractivity contribution is 7.99. The third kappa shape index (κ3) is 3.63. The van der Waals surface area contributed by atoms with E-state index in [0.717, 1.165) is 47.9 Å². The molecule has 1 fully saturated rings. The number of fused-ring (bicyclic) bond motifs is 3. The number of carbonyl (C=O) groups is 1. The topological polar surface area (TPSA) is 98.6 Å². The molecule has 1 amide bonds. The average molecular weight is 403 g/mol. The lowest BCUT2D eigenvalue weighted by molar-refractivity contribution is -0.119. The summed E-state index contributed by atoms with van der Waals surface area (Å²) in [4.78, 5) is 34.3. The van der Waals surface area contributed by atoms with E-state index in [1.807, 2.05) is 0 Å². The molecule has 27 heavy (non-hydrogen) atoms. The van der Waals surface area contributed by atoms with E-state index in [1.54, 1.807) is 18.3 Å². The molecule has 0 aliphatic heterocycles. The minimum absolute atomic E-state index is 0.116. The van der Waals surface area contributed by atoms with Crippen molar-refractivity contribution in [1.82, 2.24) is 15.3 Å². The molecule has 8 heteroatoms. The molecule has 0 unspecified atom stereocenters. The standard InChI is InChI=1S/C19H22N4O2S2/c1-10-3-6-12-13(7-10)27-17-15(12)16(25)21-18(22-17)26-8-14(24)23-19(2,9-20)11-4-5-11/h10-11H,3-8H2,1-2H3,(H,23,24)(H,21,22,25)/t10-,19-/m1/s1. The van der Waals surface area contributed by atoms with E-state index in [-0.39, 0.29) is 23.1 Å². The lowest BCUT2D eigenvalue weighted by atomic mass is 9.89. The van der Waals surface area contributed by atoms with Crippen LogP contribution in [0.4, 0.5) is 0 Å². The van der Waals surface area contributed by atoms with E-state index in [9.17, 15) is 14.9 Å². The number of hydrogen-bond donors (Lipinski definition) is 2. The third-order valence-electron chi connectivity index (χ3n) is 5.51. The van der Waals surface area contributed by atoms with Gasteiger partial charge in [0.2, 0.25) is 5.91 Å². The minimum Gasteiger partial charge on any atom is -0.337 e. The van der Waals surface area contributed by atoms with Crippen LogP contribution in [0.2, 0.25) is 0 Å². The molecule has 4 rings (SSSR count). The summed E-state index contributed by atoms with van der Waals surface area (Å²) < 4.78 is 0. The zero-order valence-electron chi connectivity index (χ0n) is 15.4. The Bertz CT molecular complexity index is 1000. The highest BCUT2D eigenvalue weighted by atomic mass is 32.2. The Hall–Kier alpha value is -1.85. The van der Waals surface area contributed by atoms with Gasteiger partial charge in [0.15, 0.2) is 5.16 Å². The molecule has 6 nitrogen and oxygen atoms in total. The van der Waals surface area contributed by atoms with Crippen molar-refractivity contribution < 1.29 is 4.79 Å². The van der Waals surface area contributed by atoms with Gasteiger partial charge in [-0.25, -0.2) is 4.98 Å². The van der Waals surface area contributed by atoms with Crippen LogP contribution in [0, 0.1) is 23.2 Å². The van der Waals surface area contributed by atoms with Crippen LogP contribution >= 0.6 is 23.1 Å². The Morgan fingerprint density at radius 2 is 2.26 bits per heavy atom. The Morgan fingerprint density at radius 3 is 2.96 bits per heavy atom. The van der Waals surface area contributed by atoms with Gasteiger partial charge in [0.25, 0.3) is 5.56 Å². The molecule has 2 heterocycles. The van der Waals surface area contributed by atoms with E-state index in [1.165, 1.54) is 16.6 Å². The molecule has 2 aromatic heterocycles. The predicted octanol–water partition coefficient (Wildman–Crippen LogP) is 3.01. The van der Waals surface area contributed by atoms with Gasteiger partial charge in [-0.2, -0.15) is 5.26 Å². The fourth-order valence-corrected chi connectivity index (χ4v) is 5.84. The Labute approximate surface area is 165 Å². The van der Waals surface area contributed by atoms with Gasteiger partial charge < -0.3 is 10.3 Å². The maximum absolute atomic E-state index is 12.6. The van der Waals surface area contributed by atoms with E-state index >= 15 is 0 Å². The van der Waals surface area contributed by atoms with Crippen LogP contribution in [-0.4, -0.2) is 27.2 Å². The fourth-order valence-electron chi connectivity index (χ4n) is 3.74. The summed E-state index contributed by atoms with van der Waals surface area (Å²) in [6.45, 7) is 4.01. The quantitative estimate of drug-likeness (QED) is 0.592. The third-order valence-corrected chi connectivity index (χ3v) is 7.53. The van der Waals surface area contributed by atoms with Crippen molar-refractivity contribution in [3.8, 4) is 6.07 Å². The highest BCUT2D eigenvalue weighted by Crippen LogP contribution is 2.39. The molecule has 0 spiro atoms. The largest absolute Gasteiger partial charge is 0.337 e. The van der Waals surface area contributed by atoms with Gasteiger partial charge >= 0.3 is 0 Å². The van der Waals surface area contributed by atoms with E-state index in [0.29, 0.717) is 11.1 Å². The molecule has 2 atom stereocenters. The number of H-pyrrole nitrogens is 1. The van der Waals surface area contributed by atoms with E-state index < -0.39 is 5.54 Å². The van der Waals surface area contributed by atoms with Crippen molar-refractivity contribution in [1.29, 1.82) is 5.26 Å². The van der Waals surface area contributed by atoms with Gasteiger partial charge in [0, 0.05) is 4.88 Å². The molecule has 0 bridgehead atoms. The van der Waals surface area contributed by atoms with Gasteiger partial charge in [-0.15, -0.1) is 11.3 Å². The first kappa shape index (κ1) is 18.5. The SMILES string of the molecule is C[C@@H]1CCc2c(sc3nc(SCC(=O)N[C@](C)(C#N)C4CC4)[nH]c(=O)c23)C1. The monoisotopic (exact) mass is 402 g/mol. The first-order chi connectivity index (χ1) is 12.9. The second-order valence-electron chi connectivity index (χ2n) is 7.83. The normalized spacial score (nSPS) is 21.3. The van der Waals surface area contributed by atoms with Crippen molar-refractivity contribution in [3.63, 3.8) is 0 Å². The maximum Gasteiger partial charge on any atom is 0.260 e. The summed E-state index contributed by atoms with van der Waals surface area (Å²) >= 11 is 2.81. The molecule has 0 aromatic carbocycles. The van der Waals surface area contributed by atoms with Crippen molar-refractivity contribution in [2.24, 2.45) is 11.8 Å². The lowest BCUT2D eigenvalue weighted by Crippen LogP contribution is -2.47. The van der Waals surface area contributed by atoms with Crippen LogP contribution in [0.5, 0.6) is 0 Å². The summed E-state index contributed by atoms with van der Waals surface area (Å²) in [5.41, 5.74) is 0.242. The molecule has 2 N–H and O–H groups in total. The Balaban J connectivity index is 1.49. The second-order valence-corrected chi connectivity index (χ2v) is 9.88. The van der Waals surface area contributed by atoms with Crippen molar-refractivity contribution >= 4 is 39.2 Å². The molecule has 1 saturated carbocycles. The van der Waals surface area contributed by atoms with Gasteiger partial charge in [-0.05, 0) is 56.4 Å². The number of hydrogen-bond acceptors (Lipinski definition) is 6. The smallest absolute Gasteiger partial charge is 0.260 e. The number of nitriles is 1. The van der Waals surface area contributed by atoms with Crippen LogP contribution in [0.15, 0.2) is 9.95 Å². The zero-order valence-corrected chi connectivity index (χ0v) is 17.1. The van der Waals surface area contributed by atoms with Gasteiger partial charge in [-0.3, -0.25) is 9.59 Å². The van der Waals surface area contributed by atoms with Crippen LogP contribution in [-0.2, 0) is 17.6 Å². The number of thioether (sulfide) groups is 1. The second kappa shape index (κ2) is 6.95. The number of aromatic nitrogens is 2. The molecule has 142 valence electrons. The number of carbonyl (C=O) groups excluding carboxylic acids is 1. The molecule has 2 aliphatic rings. The van der Waals surface area contributed by atoms with Crippen LogP contribution < -0.4 is 10.9 Å². The van der Waals surface area contributed by atoms with E-state index in [4.69, 9.17) is 0 Å². The van der Waals surface area contributed by atoms with Crippen LogP contribution in [0.3, 0.4) is 0 Å². The zero-order chi connectivity index (χ0) is 19.2. The predicted molar refractivity (Wildman–Crippen MR) is 107 cm³/mol. The molecule has 2 aromatic rings. The lowest BCUT2D eigenvalue weighted by Gasteiger charge is -2.22. The number of aryl methyl sites for hydroxylation is 1. The van der Waals surface area contributed by atoms with Crippen molar-refractivity contribution in [3.05, 3.63) is 20.8 Å². The summed E-state index contributed by atoms with van der Waals surface area (Å²) in [6, 6.07) is 2.22. The molecule has 0 radical (unpaired) electrons. The van der Waals surface area contributed by atoms with Crippen molar-refractivity contribution in [2.75, 3.05) is 5.75 Å². The summed E-state index contributed by atoms with van der Waals surface area (Å²) in [6.07, 6.45) is 5.00. The molecular weight excluding hydrogens is 380 g/mol. The highest BCUT2D eigenvalue weighted by Gasteiger charge is 2.42. The first-order valence-electron chi connectivity index (χ1n) is 9.29. The number of aromatic amines is 1. The van der Waals surface area contributed by atoms with E-state index in [2.05, 4.69) is 28.3 Å². The minimum atomic E-state index is -0.800. The summed E-state index contributed by atoms with van der Waals surface area (Å²) in [5.74, 6) is 0.798. The molecular formula is C19H22N4O2S2. The maximum atomic E-state index is 12.6. The summed E-state index contributed by atoms with van der Waals surface area (Å²) in [7, 11) is 0. The molecule has 0 saturated heterocycles. The van der Waals surface area contributed by atoms with Crippen molar-refractivity contribution in [2.45, 2.75) is 56.6 Å². The van der Waals surface area contributed by atoms with Gasteiger partial charge in [0.1, 0.15) is 10.4 Å². The number of amides is 1. The number of nitrogens with zero attached hydrogens (tertiary/aromatic N) is 2. The molecule has 2 aliphatic carbocycles. The van der Waals surface area contributed by atoms with Crippen LogP contribution in [0.25, 0.3) is 10.2 Å². The fraction of sp³-hybridized carbons (Fsp3) is 0.579. The van der Waals surface area contributed by atoms with Crippen LogP contribution in [0.1, 0.15) is 43.6 Å². The van der Waals surface area contributed by atoms with Gasteiger partial charge in [-0.1, -0.05) is 18.7 Å². The van der Waals surface area contributed by atoms with Gasteiger partial charge in [0.05, 0.1) is 17.2 Å². The number of thiophene rings is 1. The summed E-state index contributed by atoms with van der Waals surface area (Å²) in [5, 5.41) is 13.4. The Kier molecular flexibility index (Phi) is 4.77. The Morgan fingerprint density at radius 1 is 1.48 bits per heavy atom. The number of nitrogens with one attached hydrogen (secondary N) is 2. The average Bonchev–Trinajstić information content (AvgIpc) is 3.41. The first-order valence-corrected chi connectivity index (χ1v) is 11.1. The number of rotatable bonds is 5.